The first-order valence-electron chi connectivity index (χ1n) is 9.56. The maximum absolute atomic E-state index is 12.9. The van der Waals surface area contributed by atoms with Crippen molar-refractivity contribution in [3.8, 4) is 0 Å². The number of hydrogen-bond donors (Lipinski definition) is 1. The van der Waals surface area contributed by atoms with E-state index in [-0.39, 0.29) is 11.3 Å². The van der Waals surface area contributed by atoms with Gasteiger partial charge in [-0.05, 0) is 47.6 Å². The molecule has 0 aromatic heterocycles. The number of thioether (sulfide) groups is 2. The van der Waals surface area contributed by atoms with Crippen LogP contribution >= 0.6 is 35.7 Å². The number of rotatable bonds is 3. The van der Waals surface area contributed by atoms with Gasteiger partial charge in [0, 0.05) is 11.9 Å². The van der Waals surface area contributed by atoms with Crippen LogP contribution in [-0.2, 0) is 9.59 Å². The summed E-state index contributed by atoms with van der Waals surface area (Å²) in [5, 5.41) is 10.2. The molecule has 0 radical (unpaired) electrons. The maximum atomic E-state index is 12.9. The van der Waals surface area contributed by atoms with E-state index in [2.05, 4.69) is 50.1 Å². The largest absolute Gasteiger partial charge is 0.480 e. The van der Waals surface area contributed by atoms with Gasteiger partial charge in [-0.2, -0.15) is 0 Å². The van der Waals surface area contributed by atoms with E-state index in [0.717, 1.165) is 29.0 Å². The number of fused-ring (bicyclic) bond motifs is 1. The number of nitrogens with zero attached hydrogens (tertiary/aromatic N) is 2. The number of amides is 1. The average Bonchev–Trinajstić information content (AvgIpc) is 3.12. The highest BCUT2D eigenvalue weighted by molar-refractivity contribution is 8.26. The van der Waals surface area contributed by atoms with Crippen molar-refractivity contribution in [3.05, 3.63) is 57.5 Å². The summed E-state index contributed by atoms with van der Waals surface area (Å²) < 4.78 is 0.308. The van der Waals surface area contributed by atoms with Crippen molar-refractivity contribution in [2.24, 2.45) is 5.41 Å². The summed E-state index contributed by atoms with van der Waals surface area (Å²) in [6.45, 7) is 3.98. The maximum Gasteiger partial charge on any atom is 0.323 e. The van der Waals surface area contributed by atoms with Crippen LogP contribution < -0.4 is 4.90 Å². The lowest BCUT2D eigenvalue weighted by atomic mass is 9.75. The van der Waals surface area contributed by atoms with Gasteiger partial charge in [-0.1, -0.05) is 67.8 Å². The molecule has 2 aliphatic heterocycles. The summed E-state index contributed by atoms with van der Waals surface area (Å²) in [5.74, 6) is -1.37. The van der Waals surface area contributed by atoms with Gasteiger partial charge < -0.3 is 10.0 Å². The van der Waals surface area contributed by atoms with Crippen LogP contribution in [0.3, 0.4) is 0 Å². The van der Waals surface area contributed by atoms with Crippen LogP contribution in [0.1, 0.15) is 26.7 Å². The number of aliphatic carboxylic acids is 1. The van der Waals surface area contributed by atoms with Crippen LogP contribution in [0.15, 0.2) is 62.4 Å². The molecule has 1 fully saturated rings. The fourth-order valence-electron chi connectivity index (χ4n) is 3.97. The van der Waals surface area contributed by atoms with Crippen molar-refractivity contribution in [3.63, 3.8) is 0 Å². The van der Waals surface area contributed by atoms with Crippen molar-refractivity contribution in [1.29, 1.82) is 0 Å². The van der Waals surface area contributed by atoms with Crippen LogP contribution in [0.5, 0.6) is 0 Å². The number of allylic oxidation sites excluding steroid dienone is 4. The SMILES string of the molecule is CN1C(=CC2=CC(=C3SC(=S)N(CC(=O)O)C3=O)CC(C)(C)C2)Sc2ccccc21. The topological polar surface area (TPSA) is 60.9 Å². The van der Waals surface area contributed by atoms with E-state index in [0.29, 0.717) is 9.23 Å². The molecule has 2 heterocycles. The Balaban J connectivity index is 1.69. The Labute approximate surface area is 189 Å². The monoisotopic (exact) mass is 458 g/mol. The van der Waals surface area contributed by atoms with Crippen molar-refractivity contribution in [2.45, 2.75) is 31.6 Å². The highest BCUT2D eigenvalue weighted by atomic mass is 32.2. The number of thiocarbonyl (C=S) groups is 1. The van der Waals surface area contributed by atoms with Gasteiger partial charge in [0.1, 0.15) is 10.9 Å². The Morgan fingerprint density at radius 1 is 1.27 bits per heavy atom. The molecule has 1 aromatic rings. The minimum Gasteiger partial charge on any atom is -0.480 e. The van der Waals surface area contributed by atoms with E-state index < -0.39 is 12.5 Å². The lowest BCUT2D eigenvalue weighted by molar-refractivity contribution is -0.140. The minimum atomic E-state index is -1.07. The molecule has 1 aliphatic carbocycles. The molecule has 1 N–H and O–H groups in total. The molecule has 156 valence electrons. The van der Waals surface area contributed by atoms with Gasteiger partial charge in [-0.3, -0.25) is 14.5 Å². The predicted octanol–water partition coefficient (Wildman–Crippen LogP) is 5.02. The van der Waals surface area contributed by atoms with Gasteiger partial charge >= 0.3 is 5.97 Å². The van der Waals surface area contributed by atoms with Gasteiger partial charge in [-0.15, -0.1) is 0 Å². The first-order valence-corrected chi connectivity index (χ1v) is 11.6. The third-order valence-corrected chi connectivity index (χ3v) is 7.90. The Morgan fingerprint density at radius 3 is 2.70 bits per heavy atom. The van der Waals surface area contributed by atoms with Crippen LogP contribution in [-0.4, -0.2) is 39.8 Å². The number of para-hydroxylation sites is 1. The normalized spacial score (nSPS) is 24.5. The zero-order valence-electron chi connectivity index (χ0n) is 17.0. The Bertz CT molecular complexity index is 1060. The average molecular weight is 459 g/mol. The second-order valence-corrected chi connectivity index (χ2v) is 11.1. The van der Waals surface area contributed by atoms with E-state index in [1.807, 2.05) is 12.1 Å². The fourth-order valence-corrected chi connectivity index (χ4v) is 6.38. The first kappa shape index (κ1) is 21.2. The lowest BCUT2D eigenvalue weighted by Gasteiger charge is -2.31. The number of carbonyl (C=O) groups is 2. The summed E-state index contributed by atoms with van der Waals surface area (Å²) in [7, 11) is 2.07. The number of carboxylic acid groups (broad SMARTS) is 1. The highest BCUT2D eigenvalue weighted by Crippen LogP contribution is 2.48. The van der Waals surface area contributed by atoms with Crippen molar-refractivity contribution < 1.29 is 14.7 Å². The number of carboxylic acids is 1. The van der Waals surface area contributed by atoms with Gasteiger partial charge in [0.25, 0.3) is 5.91 Å². The Hall–Kier alpha value is -2.03. The first-order chi connectivity index (χ1) is 14.1. The zero-order chi connectivity index (χ0) is 21.6. The zero-order valence-corrected chi connectivity index (χ0v) is 19.4. The van der Waals surface area contributed by atoms with Gasteiger partial charge in [-0.25, -0.2) is 0 Å². The van der Waals surface area contributed by atoms with Gasteiger partial charge in [0.05, 0.1) is 15.6 Å². The van der Waals surface area contributed by atoms with Crippen molar-refractivity contribution >= 4 is 57.6 Å². The third-order valence-electron chi connectivity index (χ3n) is 5.23. The van der Waals surface area contributed by atoms with Crippen LogP contribution in [0.4, 0.5) is 5.69 Å². The molecule has 8 heteroatoms. The molecule has 0 spiro atoms. The minimum absolute atomic E-state index is 0.0130. The van der Waals surface area contributed by atoms with E-state index in [1.54, 1.807) is 11.8 Å². The number of anilines is 1. The molecule has 5 nitrogen and oxygen atoms in total. The van der Waals surface area contributed by atoms with Crippen LogP contribution in [0.25, 0.3) is 0 Å². The van der Waals surface area contributed by atoms with Gasteiger partial charge in [0.2, 0.25) is 0 Å². The molecule has 1 aromatic carbocycles. The molecule has 0 unspecified atom stereocenters. The second-order valence-electron chi connectivity index (χ2n) is 8.36. The Morgan fingerprint density at radius 2 is 2.00 bits per heavy atom. The number of hydrogen-bond acceptors (Lipinski definition) is 6. The van der Waals surface area contributed by atoms with Crippen LogP contribution in [0.2, 0.25) is 0 Å². The predicted molar refractivity (Wildman–Crippen MR) is 126 cm³/mol. The van der Waals surface area contributed by atoms with E-state index >= 15 is 0 Å². The molecular formula is C22H22N2O3S3. The summed E-state index contributed by atoms with van der Waals surface area (Å²) >= 11 is 8.22. The van der Waals surface area contributed by atoms with E-state index in [1.165, 1.54) is 27.2 Å². The molecule has 3 aliphatic rings. The lowest BCUT2D eigenvalue weighted by Crippen LogP contribution is -2.33. The molecule has 0 bridgehead atoms. The molecule has 4 rings (SSSR count). The number of carbonyl (C=O) groups excluding carboxylic acids is 1. The molecule has 0 atom stereocenters. The highest BCUT2D eigenvalue weighted by Gasteiger charge is 2.37. The van der Waals surface area contributed by atoms with Gasteiger partial charge in [0.15, 0.2) is 0 Å². The van der Waals surface area contributed by atoms with E-state index in [9.17, 15) is 9.59 Å². The Kier molecular flexibility index (Phi) is 5.59. The molecular weight excluding hydrogens is 436 g/mol. The summed E-state index contributed by atoms with van der Waals surface area (Å²) in [4.78, 5) is 29.1. The van der Waals surface area contributed by atoms with Crippen LogP contribution in [0, 0.1) is 5.41 Å². The molecule has 30 heavy (non-hydrogen) atoms. The smallest absolute Gasteiger partial charge is 0.323 e. The van der Waals surface area contributed by atoms with Crippen molar-refractivity contribution in [1.82, 2.24) is 4.90 Å². The third kappa shape index (κ3) is 4.08. The summed E-state index contributed by atoms with van der Waals surface area (Å²) in [5.41, 5.74) is 3.28. The molecule has 1 saturated heterocycles. The fraction of sp³-hybridized carbons (Fsp3) is 0.318. The molecule has 0 saturated carbocycles. The second kappa shape index (κ2) is 7.90. The standard InChI is InChI=1S/C22H22N2O3S3/c1-22(2)10-13(9-17-23(3)15-6-4-5-7-16(15)29-17)8-14(11-22)19-20(27)24(12-18(25)26)21(28)30-19/h4-9H,10-12H2,1-3H3,(H,25,26). The summed E-state index contributed by atoms with van der Waals surface area (Å²) in [6.07, 6.45) is 5.94. The number of benzene rings is 1. The van der Waals surface area contributed by atoms with E-state index in [4.69, 9.17) is 17.3 Å². The summed E-state index contributed by atoms with van der Waals surface area (Å²) in [6, 6.07) is 8.32. The molecule has 1 amide bonds. The van der Waals surface area contributed by atoms with Crippen molar-refractivity contribution in [2.75, 3.05) is 18.5 Å². The quantitative estimate of drug-likeness (QED) is 0.504.